The number of thiophene rings is 1. The molecule has 4 N–H and O–H groups in total. The highest BCUT2D eigenvalue weighted by Gasteiger charge is 2.17. The van der Waals surface area contributed by atoms with Gasteiger partial charge in [0.25, 0.3) is 0 Å². The molecule has 0 amide bonds. The van der Waals surface area contributed by atoms with Gasteiger partial charge >= 0.3 is 5.97 Å². The highest BCUT2D eigenvalue weighted by atomic mass is 32.1. The van der Waals surface area contributed by atoms with Crippen LogP contribution in [0.2, 0.25) is 0 Å². The van der Waals surface area contributed by atoms with E-state index in [9.17, 15) is 4.79 Å². The molecule has 2 aromatic rings. The summed E-state index contributed by atoms with van der Waals surface area (Å²) in [5.41, 5.74) is 3.06. The van der Waals surface area contributed by atoms with Crippen LogP contribution in [-0.4, -0.2) is 21.0 Å². The number of hydrogen-bond acceptors (Lipinski definition) is 6. The number of carboxylic acids is 1. The zero-order valence-corrected chi connectivity index (χ0v) is 8.63. The number of carboxylic acid groups (broad SMARTS) is 1. The Balaban J connectivity index is 2.82. The van der Waals surface area contributed by atoms with Gasteiger partial charge in [0.1, 0.15) is 16.0 Å². The number of fused-ring (bicyclic) bond motifs is 1. The number of aryl methyl sites for hydroxylation is 1. The Hall–Kier alpha value is -1.73. The van der Waals surface area contributed by atoms with Crippen LogP contribution in [0.15, 0.2) is 6.33 Å². The molecule has 0 radical (unpaired) electrons. The van der Waals surface area contributed by atoms with E-state index in [1.54, 1.807) is 6.92 Å². The minimum absolute atomic E-state index is 0.266. The number of hydrogen-bond donors (Lipinski definition) is 3. The predicted molar refractivity (Wildman–Crippen MR) is 56.9 cm³/mol. The summed E-state index contributed by atoms with van der Waals surface area (Å²) >= 11 is 1.12. The summed E-state index contributed by atoms with van der Waals surface area (Å²) < 4.78 is 0. The van der Waals surface area contributed by atoms with Crippen molar-refractivity contribution in [1.29, 1.82) is 0 Å². The second-order valence-electron chi connectivity index (χ2n) is 2.91. The zero-order chi connectivity index (χ0) is 11.0. The molecule has 6 nitrogen and oxygen atoms in total. The smallest absolute Gasteiger partial charge is 0.346 e. The monoisotopic (exact) mass is 224 g/mol. The largest absolute Gasteiger partial charge is 0.477 e. The van der Waals surface area contributed by atoms with Crippen molar-refractivity contribution in [2.45, 2.75) is 6.92 Å². The molecule has 0 bridgehead atoms. The number of nitrogens with zero attached hydrogens (tertiary/aromatic N) is 2. The van der Waals surface area contributed by atoms with E-state index in [1.807, 2.05) is 0 Å². The number of aromatic nitrogens is 2. The van der Waals surface area contributed by atoms with E-state index < -0.39 is 5.97 Å². The van der Waals surface area contributed by atoms with Crippen LogP contribution >= 0.6 is 11.3 Å². The van der Waals surface area contributed by atoms with E-state index in [0.29, 0.717) is 21.6 Å². The molecule has 0 aliphatic carbocycles. The van der Waals surface area contributed by atoms with Gasteiger partial charge in [-0.05, 0) is 12.5 Å². The Kier molecular flexibility index (Phi) is 2.25. The van der Waals surface area contributed by atoms with Crippen molar-refractivity contribution in [3.8, 4) is 0 Å². The Morgan fingerprint density at radius 2 is 2.33 bits per heavy atom. The number of hydrazine groups is 1. The van der Waals surface area contributed by atoms with Gasteiger partial charge in [0.2, 0.25) is 0 Å². The van der Waals surface area contributed by atoms with E-state index in [4.69, 9.17) is 10.9 Å². The topological polar surface area (TPSA) is 101 Å². The molecule has 0 aliphatic heterocycles. The van der Waals surface area contributed by atoms with Crippen molar-refractivity contribution in [2.24, 2.45) is 5.84 Å². The number of nitrogens with two attached hydrogens (primary N) is 1. The fourth-order valence-corrected chi connectivity index (χ4v) is 2.37. The lowest BCUT2D eigenvalue weighted by Gasteiger charge is -2.00. The molecule has 0 saturated heterocycles. The van der Waals surface area contributed by atoms with Crippen molar-refractivity contribution >= 4 is 33.3 Å². The van der Waals surface area contributed by atoms with Gasteiger partial charge in [0.15, 0.2) is 5.82 Å². The maximum Gasteiger partial charge on any atom is 0.346 e. The van der Waals surface area contributed by atoms with Gasteiger partial charge < -0.3 is 10.5 Å². The molecule has 78 valence electrons. The van der Waals surface area contributed by atoms with Crippen LogP contribution in [-0.2, 0) is 0 Å². The Morgan fingerprint density at radius 1 is 1.60 bits per heavy atom. The molecule has 0 unspecified atom stereocenters. The number of aromatic carboxylic acids is 1. The maximum absolute atomic E-state index is 10.9. The molecule has 2 aromatic heterocycles. The van der Waals surface area contributed by atoms with Crippen LogP contribution in [0.3, 0.4) is 0 Å². The van der Waals surface area contributed by atoms with Crippen LogP contribution in [0.1, 0.15) is 15.2 Å². The first-order valence-electron chi connectivity index (χ1n) is 4.09. The number of anilines is 1. The third-order valence-electron chi connectivity index (χ3n) is 2.06. The summed E-state index contributed by atoms with van der Waals surface area (Å²) in [5.74, 6) is 4.77. The van der Waals surface area contributed by atoms with Gasteiger partial charge in [-0.1, -0.05) is 0 Å². The summed E-state index contributed by atoms with van der Waals surface area (Å²) in [6, 6.07) is 0. The first kappa shape index (κ1) is 9.81. The van der Waals surface area contributed by atoms with Crippen molar-refractivity contribution in [3.63, 3.8) is 0 Å². The van der Waals surface area contributed by atoms with E-state index in [0.717, 1.165) is 11.3 Å². The van der Waals surface area contributed by atoms with Gasteiger partial charge in [-0.15, -0.1) is 11.3 Å². The van der Waals surface area contributed by atoms with Crippen LogP contribution in [0.5, 0.6) is 0 Å². The van der Waals surface area contributed by atoms with Gasteiger partial charge in [0, 0.05) is 0 Å². The zero-order valence-electron chi connectivity index (χ0n) is 7.81. The first-order chi connectivity index (χ1) is 7.15. The van der Waals surface area contributed by atoms with E-state index in [-0.39, 0.29) is 4.88 Å². The molecule has 0 aliphatic rings. The fraction of sp³-hybridized carbons (Fsp3) is 0.125. The number of nitrogen functional groups attached to an aromatic ring is 1. The number of rotatable bonds is 2. The molecule has 0 fully saturated rings. The third-order valence-corrected chi connectivity index (χ3v) is 3.25. The van der Waals surface area contributed by atoms with Crippen molar-refractivity contribution in [2.75, 3.05) is 5.43 Å². The molecule has 2 rings (SSSR count). The van der Waals surface area contributed by atoms with Crippen LogP contribution in [0, 0.1) is 6.92 Å². The van der Waals surface area contributed by atoms with Crippen LogP contribution in [0.25, 0.3) is 10.2 Å². The highest BCUT2D eigenvalue weighted by Crippen LogP contribution is 2.32. The SMILES string of the molecule is Cc1c(C(=O)O)sc2ncnc(NN)c12. The average molecular weight is 224 g/mol. The van der Waals surface area contributed by atoms with Gasteiger partial charge in [-0.3, -0.25) is 0 Å². The third kappa shape index (κ3) is 1.41. The molecular formula is C8H8N4O2S. The minimum Gasteiger partial charge on any atom is -0.477 e. The molecular weight excluding hydrogens is 216 g/mol. The van der Waals surface area contributed by atoms with Gasteiger partial charge in [-0.2, -0.15) is 0 Å². The van der Waals surface area contributed by atoms with E-state index >= 15 is 0 Å². The average Bonchev–Trinajstić information content (AvgIpc) is 2.56. The molecule has 7 heteroatoms. The molecule has 0 saturated carbocycles. The Morgan fingerprint density at radius 3 is 2.93 bits per heavy atom. The molecule has 0 aromatic carbocycles. The van der Waals surface area contributed by atoms with Crippen molar-refractivity contribution in [1.82, 2.24) is 9.97 Å². The second kappa shape index (κ2) is 3.44. The van der Waals surface area contributed by atoms with Crippen molar-refractivity contribution < 1.29 is 9.90 Å². The summed E-state index contributed by atoms with van der Waals surface area (Å²) in [7, 11) is 0. The predicted octanol–water partition coefficient (Wildman–Crippen LogP) is 0.984. The van der Waals surface area contributed by atoms with Crippen LogP contribution in [0.4, 0.5) is 5.82 Å². The lowest BCUT2D eigenvalue weighted by Crippen LogP contribution is -2.09. The van der Waals surface area contributed by atoms with E-state index in [2.05, 4.69) is 15.4 Å². The number of nitrogens with one attached hydrogen (secondary N) is 1. The standard InChI is InChI=1S/C8H8N4O2S/c1-3-4-6(12-9)10-2-11-7(4)15-5(3)8(13)14/h2H,9H2,1H3,(H,13,14)(H,10,11,12). The maximum atomic E-state index is 10.9. The highest BCUT2D eigenvalue weighted by molar-refractivity contribution is 7.20. The summed E-state index contributed by atoms with van der Waals surface area (Å²) in [6.45, 7) is 1.71. The minimum atomic E-state index is -0.960. The van der Waals surface area contributed by atoms with Gasteiger partial charge in [0.05, 0.1) is 5.39 Å². The lowest BCUT2D eigenvalue weighted by atomic mass is 10.2. The lowest BCUT2D eigenvalue weighted by molar-refractivity contribution is 0.0701. The normalized spacial score (nSPS) is 10.5. The molecule has 0 spiro atoms. The molecule has 0 atom stereocenters. The van der Waals surface area contributed by atoms with Crippen LogP contribution < -0.4 is 11.3 Å². The Bertz CT molecular complexity index is 537. The Labute approximate surface area is 88.7 Å². The first-order valence-corrected chi connectivity index (χ1v) is 4.90. The fourth-order valence-electron chi connectivity index (χ4n) is 1.39. The summed E-state index contributed by atoms with van der Waals surface area (Å²) in [6.07, 6.45) is 1.35. The quantitative estimate of drug-likeness (QED) is 0.519. The van der Waals surface area contributed by atoms with Gasteiger partial charge in [-0.25, -0.2) is 20.6 Å². The summed E-state index contributed by atoms with van der Waals surface area (Å²) in [4.78, 5) is 19.7. The molecule has 15 heavy (non-hydrogen) atoms. The number of carbonyl (C=O) groups is 1. The molecule has 2 heterocycles. The second-order valence-corrected chi connectivity index (χ2v) is 3.91. The summed E-state index contributed by atoms with van der Waals surface area (Å²) in [5, 5.41) is 9.61. The van der Waals surface area contributed by atoms with Crippen molar-refractivity contribution in [3.05, 3.63) is 16.8 Å². The van der Waals surface area contributed by atoms with E-state index in [1.165, 1.54) is 6.33 Å².